The Morgan fingerprint density at radius 3 is 1.05 bits per heavy atom. The highest BCUT2D eigenvalue weighted by atomic mass is 31.2. The van der Waals surface area contributed by atoms with Gasteiger partial charge in [0, 0.05) is 12.8 Å². The maximum Gasteiger partial charge on any atom is 0.306 e. The first kappa shape index (κ1) is 76.2. The summed E-state index contributed by atoms with van der Waals surface area (Å²) >= 11 is 0. The van der Waals surface area contributed by atoms with E-state index >= 15 is 0 Å². The molecule has 0 aromatic heterocycles. The van der Waals surface area contributed by atoms with E-state index in [9.17, 15) is 19.0 Å². The fourth-order valence-electron chi connectivity index (χ4n) is 9.92. The summed E-state index contributed by atoms with van der Waals surface area (Å²) < 4.78 is 34.2. The SMILES string of the molecule is CCCCC/C=C\C/C=C\CCCCCCCCCCCC(=O)OC(COC(=O)CCCCCCCCCCCCCCCCCCCCCCCCC/C=C\CCCCCCCCCC)COP(=O)([O-])OCC[N+](C)(C)C. The van der Waals surface area contributed by atoms with Crippen molar-refractivity contribution in [3.8, 4) is 0 Å². The Bertz CT molecular complexity index is 1410. The van der Waals surface area contributed by atoms with Gasteiger partial charge < -0.3 is 27.9 Å². The Balaban J connectivity index is 3.95. The smallest absolute Gasteiger partial charge is 0.306 e. The predicted octanol–water partition coefficient (Wildman–Crippen LogP) is 20.9. The first-order chi connectivity index (χ1) is 38.0. The highest BCUT2D eigenvalue weighted by molar-refractivity contribution is 7.45. The van der Waals surface area contributed by atoms with E-state index in [1.807, 2.05) is 21.1 Å². The molecule has 9 nitrogen and oxygen atoms in total. The Hall–Kier alpha value is -1.77. The van der Waals surface area contributed by atoms with Gasteiger partial charge in [-0.15, -0.1) is 0 Å². The minimum Gasteiger partial charge on any atom is -0.756 e. The molecule has 0 aromatic carbocycles. The van der Waals surface area contributed by atoms with E-state index in [1.165, 1.54) is 250 Å². The van der Waals surface area contributed by atoms with Gasteiger partial charge in [-0.3, -0.25) is 14.2 Å². The average Bonchev–Trinajstić information content (AvgIpc) is 3.41. The molecule has 0 bridgehead atoms. The molecule has 2 unspecified atom stereocenters. The summed E-state index contributed by atoms with van der Waals surface area (Å²) in [5, 5.41) is 0. The van der Waals surface area contributed by atoms with E-state index in [0.29, 0.717) is 17.4 Å². The van der Waals surface area contributed by atoms with E-state index in [-0.39, 0.29) is 32.0 Å². The number of likely N-dealkylation sites (N-methyl/N-ethyl adjacent to an activating group) is 1. The number of allylic oxidation sites excluding steroid dienone is 6. The van der Waals surface area contributed by atoms with Crippen LogP contribution in [0.3, 0.4) is 0 Å². The van der Waals surface area contributed by atoms with E-state index < -0.39 is 26.5 Å². The lowest BCUT2D eigenvalue weighted by molar-refractivity contribution is -0.870. The van der Waals surface area contributed by atoms with Gasteiger partial charge in [-0.1, -0.05) is 288 Å². The number of unbranched alkanes of at least 4 members (excludes halogenated alkanes) is 43. The zero-order chi connectivity index (χ0) is 57.0. The van der Waals surface area contributed by atoms with Gasteiger partial charge in [-0.25, -0.2) is 0 Å². The van der Waals surface area contributed by atoms with Gasteiger partial charge in [0.25, 0.3) is 7.82 Å². The first-order valence-corrected chi connectivity index (χ1v) is 35.2. The molecule has 0 aliphatic rings. The van der Waals surface area contributed by atoms with Crippen LogP contribution in [-0.4, -0.2) is 70.0 Å². The second-order valence-electron chi connectivity index (χ2n) is 24.2. The third-order valence-corrected chi connectivity index (χ3v) is 16.1. The summed E-state index contributed by atoms with van der Waals surface area (Å²) in [5.74, 6) is -0.822. The Morgan fingerprint density at radius 1 is 0.397 bits per heavy atom. The predicted molar refractivity (Wildman–Crippen MR) is 333 cm³/mol. The molecule has 0 spiro atoms. The molecule has 0 fully saturated rings. The molecule has 0 radical (unpaired) electrons. The fraction of sp³-hybridized carbons (Fsp3) is 0.882. The molecular weight excluding hydrogens is 990 g/mol. The van der Waals surface area contributed by atoms with Crippen molar-refractivity contribution in [2.45, 2.75) is 341 Å². The molecule has 0 aliphatic carbocycles. The zero-order valence-electron chi connectivity index (χ0n) is 52.4. The molecule has 10 heteroatoms. The fourth-order valence-corrected chi connectivity index (χ4v) is 10.6. The third-order valence-electron chi connectivity index (χ3n) is 15.1. The molecule has 78 heavy (non-hydrogen) atoms. The summed E-state index contributed by atoms with van der Waals surface area (Å²) in [7, 11) is 1.18. The quantitative estimate of drug-likeness (QED) is 0.0195. The molecule has 0 amide bonds. The molecule has 0 aromatic rings. The molecule has 0 heterocycles. The monoisotopic (exact) mass is 1120 g/mol. The van der Waals surface area contributed by atoms with E-state index in [4.69, 9.17) is 18.5 Å². The van der Waals surface area contributed by atoms with Crippen LogP contribution < -0.4 is 4.89 Å². The van der Waals surface area contributed by atoms with Crippen molar-refractivity contribution >= 4 is 19.8 Å². The second kappa shape index (κ2) is 59.8. The van der Waals surface area contributed by atoms with Gasteiger partial charge >= 0.3 is 11.9 Å². The van der Waals surface area contributed by atoms with Crippen LogP contribution in [0.2, 0.25) is 0 Å². The van der Waals surface area contributed by atoms with Crippen LogP contribution in [0.25, 0.3) is 0 Å². The number of phosphoric ester groups is 1. The normalized spacial score (nSPS) is 13.4. The number of quaternary nitrogens is 1. The van der Waals surface area contributed by atoms with Crippen LogP contribution in [0.5, 0.6) is 0 Å². The van der Waals surface area contributed by atoms with Gasteiger partial charge in [0.05, 0.1) is 27.7 Å². The largest absolute Gasteiger partial charge is 0.756 e. The number of phosphoric acid groups is 1. The second-order valence-corrected chi connectivity index (χ2v) is 25.6. The van der Waals surface area contributed by atoms with Crippen molar-refractivity contribution in [3.05, 3.63) is 36.5 Å². The number of rotatable bonds is 63. The zero-order valence-corrected chi connectivity index (χ0v) is 53.3. The molecule has 0 N–H and O–H groups in total. The number of carbonyl (C=O) groups is 2. The molecule has 2 atom stereocenters. The number of nitrogens with zero attached hydrogens (tertiary/aromatic N) is 1. The van der Waals surface area contributed by atoms with Gasteiger partial charge in [-0.2, -0.15) is 0 Å². The number of ether oxygens (including phenoxy) is 2. The average molecular weight is 1120 g/mol. The standard InChI is InChI=1S/C68H130NO8P/c1-6-8-10-12-14-16-18-20-22-24-26-27-28-29-30-31-32-33-34-35-36-37-38-39-40-41-43-44-46-48-50-52-54-56-58-60-67(70)74-64-66(65-76-78(72,73)75-63-62-69(3,4)5)77-68(71)61-59-57-55-53-51-49-47-45-42-25-23-21-19-17-15-13-11-9-7-2/h15,17,21,23-24,26,66H,6-14,16,18-20,22,25,27-65H2,1-5H3/b17-15-,23-21-,26-24-. The van der Waals surface area contributed by atoms with Crippen LogP contribution in [0.1, 0.15) is 335 Å². The van der Waals surface area contributed by atoms with Gasteiger partial charge in [0.1, 0.15) is 19.8 Å². The highest BCUT2D eigenvalue weighted by Gasteiger charge is 2.22. The Kier molecular flexibility index (Phi) is 58.5. The van der Waals surface area contributed by atoms with E-state index in [2.05, 4.69) is 50.3 Å². The van der Waals surface area contributed by atoms with Crippen molar-refractivity contribution < 1.29 is 42.1 Å². The molecular formula is C68H130NO8P. The van der Waals surface area contributed by atoms with Crippen LogP contribution in [0.15, 0.2) is 36.5 Å². The third kappa shape index (κ3) is 63.4. The molecule has 0 aliphatic heterocycles. The van der Waals surface area contributed by atoms with Crippen LogP contribution >= 0.6 is 7.82 Å². The number of carbonyl (C=O) groups excluding carboxylic acids is 2. The number of esters is 2. The summed E-state index contributed by atoms with van der Waals surface area (Å²) in [4.78, 5) is 38.0. The van der Waals surface area contributed by atoms with Crippen molar-refractivity contribution in [3.63, 3.8) is 0 Å². The number of hydrogen-bond donors (Lipinski definition) is 0. The van der Waals surface area contributed by atoms with Gasteiger partial charge in [-0.05, 0) is 70.6 Å². The first-order valence-electron chi connectivity index (χ1n) is 33.7. The van der Waals surface area contributed by atoms with Crippen molar-refractivity contribution in [2.75, 3.05) is 47.5 Å². The minimum absolute atomic E-state index is 0.0299. The van der Waals surface area contributed by atoms with Crippen molar-refractivity contribution in [1.29, 1.82) is 0 Å². The molecule has 460 valence electrons. The Morgan fingerprint density at radius 2 is 0.692 bits per heavy atom. The van der Waals surface area contributed by atoms with Crippen molar-refractivity contribution in [1.82, 2.24) is 0 Å². The summed E-state index contributed by atoms with van der Waals surface area (Å²) in [6, 6.07) is 0. The summed E-state index contributed by atoms with van der Waals surface area (Å²) in [5.41, 5.74) is 0. The Labute approximate surface area is 484 Å². The van der Waals surface area contributed by atoms with Gasteiger partial charge in [0.15, 0.2) is 6.10 Å². The van der Waals surface area contributed by atoms with Crippen LogP contribution in [0.4, 0.5) is 0 Å². The topological polar surface area (TPSA) is 111 Å². The molecule has 0 rings (SSSR count). The van der Waals surface area contributed by atoms with E-state index in [0.717, 1.165) is 51.4 Å². The van der Waals surface area contributed by atoms with Crippen LogP contribution in [0, 0.1) is 0 Å². The maximum atomic E-state index is 12.8. The number of hydrogen-bond acceptors (Lipinski definition) is 8. The molecule has 0 saturated heterocycles. The highest BCUT2D eigenvalue weighted by Crippen LogP contribution is 2.38. The lowest BCUT2D eigenvalue weighted by atomic mass is 10.0. The molecule has 0 saturated carbocycles. The summed E-state index contributed by atoms with van der Waals surface area (Å²) in [6.07, 6.45) is 75.2. The lowest BCUT2D eigenvalue weighted by Gasteiger charge is -2.28. The maximum absolute atomic E-state index is 12.8. The van der Waals surface area contributed by atoms with Crippen LogP contribution in [-0.2, 0) is 32.7 Å². The van der Waals surface area contributed by atoms with Crippen molar-refractivity contribution in [2.24, 2.45) is 0 Å². The lowest BCUT2D eigenvalue weighted by Crippen LogP contribution is -2.37. The van der Waals surface area contributed by atoms with E-state index in [1.54, 1.807) is 0 Å². The summed E-state index contributed by atoms with van der Waals surface area (Å²) in [6.45, 7) is 4.26. The minimum atomic E-state index is -4.64. The van der Waals surface area contributed by atoms with Gasteiger partial charge in [0.2, 0.25) is 0 Å².